The molecule has 0 N–H and O–H groups in total. The Morgan fingerprint density at radius 2 is 1.00 bits per heavy atom. The minimum absolute atomic E-state index is 1.47. The highest BCUT2D eigenvalue weighted by molar-refractivity contribution is 6.80. The maximum atomic E-state index is 9.69. The van der Waals surface area contributed by atoms with Crippen LogP contribution in [0.15, 0.2) is 0 Å². The summed E-state index contributed by atoms with van der Waals surface area (Å²) in [6.07, 6.45) is -5.50. The summed E-state index contributed by atoms with van der Waals surface area (Å²) in [5.41, 5.74) is 0. The number of halogens is 5. The van der Waals surface area contributed by atoms with Gasteiger partial charge in [-0.15, -0.1) is 17.6 Å². The molecule has 0 aliphatic heterocycles. The van der Waals surface area contributed by atoms with E-state index in [-0.39, 0.29) is 0 Å². The van der Waals surface area contributed by atoms with Crippen molar-refractivity contribution in [3.63, 3.8) is 0 Å². The van der Waals surface area contributed by atoms with Gasteiger partial charge >= 0.3 is 6.43 Å². The fourth-order valence-corrected chi connectivity index (χ4v) is 0. The minimum Gasteiger partial charge on any atom is -0.206 e. The van der Waals surface area contributed by atoms with Crippen LogP contribution in [-0.4, -0.2) is 13.7 Å². The molecule has 7 heavy (non-hydrogen) atoms. The van der Waals surface area contributed by atoms with E-state index < -0.39 is 6.43 Å². The number of hydrogen-bond donors (Lipinski definition) is 0. The van der Waals surface area contributed by atoms with Crippen molar-refractivity contribution < 1.29 is 17.6 Å². The highest BCUT2D eigenvalue weighted by atomic mass is 35.5. The van der Waals surface area contributed by atoms with E-state index in [2.05, 4.69) is 11.5 Å². The van der Waals surface area contributed by atoms with E-state index in [0.717, 1.165) is 0 Å². The Bertz CT molecular complexity index is 27.2. The molecule has 0 unspecified atom stereocenters. The topological polar surface area (TPSA) is 0 Å². The molecule has 0 aromatic heterocycles. The van der Waals surface area contributed by atoms with Crippen LogP contribution in [0, 0.1) is 0 Å². The summed E-state index contributed by atoms with van der Waals surface area (Å²) in [6.45, 7) is 0. The Morgan fingerprint density at radius 1 is 1.00 bits per heavy atom. The van der Waals surface area contributed by atoms with Crippen LogP contribution < -0.4 is 0 Å². The molecule has 44 valence electrons. The van der Waals surface area contributed by atoms with Gasteiger partial charge in [-0.3, -0.25) is 0 Å². The van der Waals surface area contributed by atoms with E-state index in [1.54, 1.807) is 0 Å². The quantitative estimate of drug-likeness (QED) is 0.347. The van der Waals surface area contributed by atoms with Crippen LogP contribution in [-0.2, 0) is 0 Å². The van der Waals surface area contributed by atoms with Gasteiger partial charge < -0.3 is 0 Å². The van der Waals surface area contributed by atoms with E-state index in [1.165, 1.54) is 7.26 Å². The largest absolute Gasteiger partial charge is 0.559 e. The molecule has 0 nitrogen and oxygen atoms in total. The molecule has 0 fully saturated rings. The molecule has 0 aliphatic carbocycles. The molecule has 0 aromatic carbocycles. The minimum atomic E-state index is -5.50. The number of alkyl halides is 4. The summed E-state index contributed by atoms with van der Waals surface area (Å²) >= 11 is 4.64. The second-order valence-corrected chi connectivity index (χ2v) is 0.429. The zero-order chi connectivity index (χ0) is 6.50. The predicted molar refractivity (Wildman–Crippen MR) is 21.6 cm³/mol. The third kappa shape index (κ3) is 18000. The van der Waals surface area contributed by atoms with E-state index >= 15 is 0 Å². The van der Waals surface area contributed by atoms with E-state index in [4.69, 9.17) is 0 Å². The first-order chi connectivity index (χ1) is 3.00. The van der Waals surface area contributed by atoms with Crippen molar-refractivity contribution in [2.75, 3.05) is 0 Å². The van der Waals surface area contributed by atoms with Crippen molar-refractivity contribution in [2.45, 2.75) is 6.43 Å². The van der Waals surface area contributed by atoms with Crippen LogP contribution in [0.3, 0.4) is 0 Å². The molecular formula is CH2BClF4. The summed E-state index contributed by atoms with van der Waals surface area (Å²) in [7, 11) is 1.47. The molecule has 6 heteroatoms. The second-order valence-electron chi connectivity index (χ2n) is 0.429. The first-order valence-corrected chi connectivity index (χ1v) is 1.89. The van der Waals surface area contributed by atoms with E-state index in [1.807, 2.05) is 0 Å². The zero-order valence-corrected chi connectivity index (χ0v) is 4.15. The number of hydrogen-bond acceptors (Lipinski definition) is 0. The fourth-order valence-electron chi connectivity index (χ4n) is 0. The maximum Gasteiger partial charge on any atom is 0.559 e. The molecule has 0 saturated heterocycles. The smallest absolute Gasteiger partial charge is 0.206 e. The van der Waals surface area contributed by atoms with E-state index in [9.17, 15) is 17.6 Å². The van der Waals surface area contributed by atoms with Gasteiger partial charge in [0.2, 0.25) is 7.26 Å². The summed E-state index contributed by atoms with van der Waals surface area (Å²) in [6, 6.07) is 0. The van der Waals surface area contributed by atoms with Crippen molar-refractivity contribution in [3.05, 3.63) is 0 Å². The van der Waals surface area contributed by atoms with Crippen molar-refractivity contribution in [1.82, 2.24) is 0 Å². The molecule has 0 rings (SSSR count). The predicted octanol–water partition coefficient (Wildman–Crippen LogP) is 1.25. The normalized spacial score (nSPS) is 9.29. The van der Waals surface area contributed by atoms with Gasteiger partial charge in [0.25, 0.3) is 0 Å². The Kier molecular flexibility index (Phi) is 6.14. The molecule has 0 bridgehead atoms. The Labute approximate surface area is 43.8 Å². The lowest BCUT2D eigenvalue weighted by atomic mass is 10.8. The third-order valence-electron chi connectivity index (χ3n) is 0. The fraction of sp³-hybridized carbons (Fsp3) is 1.00. The Hall–Kier alpha value is 0.0749. The highest BCUT2D eigenvalue weighted by Crippen LogP contribution is 2.13. The number of rotatable bonds is 0. The second kappa shape index (κ2) is 4.24. The van der Waals surface area contributed by atoms with Crippen LogP contribution >= 0.6 is 11.5 Å². The molecular weight excluding hydrogens is 134 g/mol. The third-order valence-corrected chi connectivity index (χ3v) is 0. The van der Waals surface area contributed by atoms with Gasteiger partial charge in [0.05, 0.1) is 0 Å². The lowest BCUT2D eigenvalue weighted by Crippen LogP contribution is -1.92. The Morgan fingerprint density at radius 3 is 1.00 bits per heavy atom. The van der Waals surface area contributed by atoms with Gasteiger partial charge in [-0.25, -0.2) is 11.5 Å². The van der Waals surface area contributed by atoms with Crippen molar-refractivity contribution in [3.8, 4) is 0 Å². The van der Waals surface area contributed by atoms with Crippen LogP contribution in [0.25, 0.3) is 0 Å². The summed E-state index contributed by atoms with van der Waals surface area (Å²) in [4.78, 5) is 0. The standard InChI is InChI=1S/CF4.BClH2/c2-1(3,4)5;1-2/h;1H2. The van der Waals surface area contributed by atoms with Crippen molar-refractivity contribution in [2.24, 2.45) is 0 Å². The molecule has 0 radical (unpaired) electrons. The van der Waals surface area contributed by atoms with Gasteiger partial charge in [0.15, 0.2) is 0 Å². The summed E-state index contributed by atoms with van der Waals surface area (Å²) in [5.74, 6) is 0. The highest BCUT2D eigenvalue weighted by Gasteiger charge is 2.24. The summed E-state index contributed by atoms with van der Waals surface area (Å²) < 4.78 is 38.8. The first kappa shape index (κ1) is 10.1. The van der Waals surface area contributed by atoms with E-state index in [0.29, 0.717) is 0 Å². The monoisotopic (exact) mass is 136 g/mol. The maximum absolute atomic E-state index is 9.69. The van der Waals surface area contributed by atoms with Gasteiger partial charge in [-0.05, 0) is 0 Å². The van der Waals surface area contributed by atoms with Gasteiger partial charge in [-0.1, -0.05) is 0 Å². The molecule has 0 spiro atoms. The molecule has 0 aromatic rings. The van der Waals surface area contributed by atoms with Crippen LogP contribution in [0.4, 0.5) is 17.6 Å². The van der Waals surface area contributed by atoms with Crippen LogP contribution in [0.5, 0.6) is 0 Å². The first-order valence-electron chi connectivity index (χ1n) is 1.13. The lowest BCUT2D eigenvalue weighted by Gasteiger charge is -1.82. The van der Waals surface area contributed by atoms with Crippen LogP contribution in [0.1, 0.15) is 0 Å². The lowest BCUT2D eigenvalue weighted by molar-refractivity contribution is -0.237. The van der Waals surface area contributed by atoms with Crippen LogP contribution in [0.2, 0.25) is 0 Å². The molecule has 0 amide bonds. The summed E-state index contributed by atoms with van der Waals surface area (Å²) in [5, 5.41) is 0. The molecule has 0 aliphatic rings. The molecule has 0 heterocycles. The molecule has 0 atom stereocenters. The van der Waals surface area contributed by atoms with Gasteiger partial charge in [0, 0.05) is 0 Å². The SMILES string of the molecule is BCl.FC(F)(F)F. The van der Waals surface area contributed by atoms with Gasteiger partial charge in [-0.2, -0.15) is 0 Å². The Balaban J connectivity index is 0. The average molecular weight is 136 g/mol. The van der Waals surface area contributed by atoms with Gasteiger partial charge in [0.1, 0.15) is 0 Å². The molecule has 0 saturated carbocycles. The zero-order valence-electron chi connectivity index (χ0n) is 3.39. The van der Waals surface area contributed by atoms with Crippen molar-refractivity contribution >= 4 is 18.7 Å². The average Bonchev–Trinajstić information content (AvgIpc) is 1.36. The van der Waals surface area contributed by atoms with Crippen molar-refractivity contribution in [1.29, 1.82) is 0 Å².